The Bertz CT molecular complexity index is 844. The SMILES string of the molecule is N#Cc1ccc(N(C(N)=S)C(c2ccccc2)c2ccccc2)cc1. The minimum atomic E-state index is -0.146. The topological polar surface area (TPSA) is 53.0 Å². The van der Waals surface area contributed by atoms with Crippen molar-refractivity contribution in [3.8, 4) is 6.07 Å². The third-order valence-corrected chi connectivity index (χ3v) is 4.20. The van der Waals surface area contributed by atoms with E-state index in [0.29, 0.717) is 5.56 Å². The molecular weight excluding hydrogens is 326 g/mol. The van der Waals surface area contributed by atoms with Gasteiger partial charge >= 0.3 is 0 Å². The molecule has 0 bridgehead atoms. The van der Waals surface area contributed by atoms with Crippen LogP contribution in [-0.4, -0.2) is 5.11 Å². The van der Waals surface area contributed by atoms with Crippen LogP contribution in [0.3, 0.4) is 0 Å². The largest absolute Gasteiger partial charge is 0.376 e. The summed E-state index contributed by atoms with van der Waals surface area (Å²) in [6.07, 6.45) is 0. The maximum Gasteiger partial charge on any atom is 0.171 e. The van der Waals surface area contributed by atoms with Crippen LogP contribution in [0.4, 0.5) is 5.69 Å². The van der Waals surface area contributed by atoms with Crippen molar-refractivity contribution in [3.05, 3.63) is 102 Å². The second kappa shape index (κ2) is 7.61. The highest BCUT2D eigenvalue weighted by Crippen LogP contribution is 2.33. The first-order chi connectivity index (χ1) is 12.2. The zero-order valence-corrected chi connectivity index (χ0v) is 14.4. The van der Waals surface area contributed by atoms with E-state index in [-0.39, 0.29) is 11.2 Å². The number of nitrogens with zero attached hydrogens (tertiary/aromatic N) is 2. The van der Waals surface area contributed by atoms with E-state index >= 15 is 0 Å². The molecule has 0 aliphatic rings. The molecule has 0 fully saturated rings. The van der Waals surface area contributed by atoms with Gasteiger partial charge in [0.25, 0.3) is 0 Å². The first-order valence-electron chi connectivity index (χ1n) is 7.89. The van der Waals surface area contributed by atoms with Gasteiger partial charge in [-0.3, -0.25) is 0 Å². The monoisotopic (exact) mass is 343 g/mol. The molecule has 0 amide bonds. The molecule has 0 aliphatic heterocycles. The standard InChI is InChI=1S/C21H17N3S/c22-15-16-11-13-19(14-12-16)24(21(23)25)20(17-7-3-1-4-8-17)18-9-5-2-6-10-18/h1-14,20H,(H2,23,25). The maximum atomic E-state index is 9.03. The van der Waals surface area contributed by atoms with Crippen molar-refractivity contribution < 1.29 is 0 Å². The molecule has 0 aliphatic carbocycles. The van der Waals surface area contributed by atoms with Gasteiger partial charge in [-0.1, -0.05) is 60.7 Å². The lowest BCUT2D eigenvalue weighted by Crippen LogP contribution is -2.39. The van der Waals surface area contributed by atoms with Crippen molar-refractivity contribution in [1.82, 2.24) is 0 Å². The average Bonchev–Trinajstić information content (AvgIpc) is 2.67. The van der Waals surface area contributed by atoms with Crippen molar-refractivity contribution in [1.29, 1.82) is 5.26 Å². The minimum Gasteiger partial charge on any atom is -0.376 e. The van der Waals surface area contributed by atoms with Crippen molar-refractivity contribution in [3.63, 3.8) is 0 Å². The van der Waals surface area contributed by atoms with E-state index in [0.717, 1.165) is 16.8 Å². The van der Waals surface area contributed by atoms with Crippen molar-refractivity contribution in [2.45, 2.75) is 6.04 Å². The fourth-order valence-corrected chi connectivity index (χ4v) is 3.07. The minimum absolute atomic E-state index is 0.146. The Hall–Kier alpha value is -3.16. The van der Waals surface area contributed by atoms with Crippen LogP contribution in [0.2, 0.25) is 0 Å². The fourth-order valence-electron chi connectivity index (χ4n) is 2.86. The molecule has 122 valence electrons. The van der Waals surface area contributed by atoms with Gasteiger partial charge in [0, 0.05) is 5.69 Å². The molecule has 0 radical (unpaired) electrons. The van der Waals surface area contributed by atoms with E-state index in [1.807, 2.05) is 53.4 Å². The summed E-state index contributed by atoms with van der Waals surface area (Å²) in [5, 5.41) is 9.31. The molecule has 0 atom stereocenters. The number of anilines is 1. The molecular formula is C21H17N3S. The highest BCUT2D eigenvalue weighted by molar-refractivity contribution is 7.80. The van der Waals surface area contributed by atoms with Gasteiger partial charge in [0.15, 0.2) is 5.11 Å². The summed E-state index contributed by atoms with van der Waals surface area (Å²) < 4.78 is 0. The van der Waals surface area contributed by atoms with E-state index in [4.69, 9.17) is 23.2 Å². The Morgan fingerprint density at radius 1 is 0.840 bits per heavy atom. The number of hydrogen-bond donors (Lipinski definition) is 1. The Labute approximate surface area is 152 Å². The van der Waals surface area contributed by atoms with Gasteiger partial charge in [0.05, 0.1) is 17.7 Å². The van der Waals surface area contributed by atoms with Gasteiger partial charge in [-0.05, 0) is 47.6 Å². The van der Waals surface area contributed by atoms with Crippen molar-refractivity contribution in [2.75, 3.05) is 4.90 Å². The summed E-state index contributed by atoms with van der Waals surface area (Å²) in [7, 11) is 0. The second-order valence-electron chi connectivity index (χ2n) is 5.59. The summed E-state index contributed by atoms with van der Waals surface area (Å²) in [5.41, 5.74) is 9.74. The molecule has 2 N–H and O–H groups in total. The van der Waals surface area contributed by atoms with Crippen LogP contribution in [0, 0.1) is 11.3 Å². The van der Waals surface area contributed by atoms with E-state index in [2.05, 4.69) is 30.3 Å². The van der Waals surface area contributed by atoms with Crippen LogP contribution in [0.15, 0.2) is 84.9 Å². The van der Waals surface area contributed by atoms with Crippen molar-refractivity contribution in [2.24, 2.45) is 5.73 Å². The predicted octanol–water partition coefficient (Wildman–Crippen LogP) is 4.40. The third kappa shape index (κ3) is 3.68. The molecule has 0 saturated heterocycles. The van der Waals surface area contributed by atoms with Crippen LogP contribution in [0.25, 0.3) is 0 Å². The lowest BCUT2D eigenvalue weighted by atomic mass is 9.96. The first-order valence-corrected chi connectivity index (χ1v) is 8.30. The molecule has 3 rings (SSSR count). The third-order valence-electron chi connectivity index (χ3n) is 4.00. The van der Waals surface area contributed by atoms with Crippen LogP contribution in [0.1, 0.15) is 22.7 Å². The van der Waals surface area contributed by atoms with Crippen LogP contribution >= 0.6 is 12.2 Å². The summed E-state index contributed by atoms with van der Waals surface area (Å²) in [5.74, 6) is 0. The van der Waals surface area contributed by atoms with E-state index in [9.17, 15) is 0 Å². The highest BCUT2D eigenvalue weighted by atomic mass is 32.1. The summed E-state index contributed by atoms with van der Waals surface area (Å²) in [4.78, 5) is 1.92. The molecule has 3 aromatic carbocycles. The number of thiocarbonyl (C=S) groups is 1. The Morgan fingerprint density at radius 3 is 1.72 bits per heavy atom. The first kappa shape index (κ1) is 16.7. The molecule has 0 spiro atoms. The van der Waals surface area contributed by atoms with Gasteiger partial charge < -0.3 is 10.6 Å². The molecule has 0 saturated carbocycles. The van der Waals surface area contributed by atoms with Crippen LogP contribution in [-0.2, 0) is 0 Å². The van der Waals surface area contributed by atoms with E-state index in [1.54, 1.807) is 12.1 Å². The maximum absolute atomic E-state index is 9.03. The quantitative estimate of drug-likeness (QED) is 0.714. The number of nitrogens with two attached hydrogens (primary N) is 1. The van der Waals surface area contributed by atoms with E-state index in [1.165, 1.54) is 0 Å². The van der Waals surface area contributed by atoms with Crippen LogP contribution in [0.5, 0.6) is 0 Å². The number of hydrogen-bond acceptors (Lipinski definition) is 2. The summed E-state index contributed by atoms with van der Waals surface area (Å²) in [6.45, 7) is 0. The molecule has 0 unspecified atom stereocenters. The molecule has 3 aromatic rings. The summed E-state index contributed by atoms with van der Waals surface area (Å²) in [6, 6.07) is 29.5. The van der Waals surface area contributed by atoms with Gasteiger partial charge in [-0.2, -0.15) is 5.26 Å². The van der Waals surface area contributed by atoms with Gasteiger partial charge in [-0.15, -0.1) is 0 Å². The Balaban J connectivity index is 2.14. The second-order valence-corrected chi connectivity index (χ2v) is 6.01. The molecule has 0 aromatic heterocycles. The highest BCUT2D eigenvalue weighted by Gasteiger charge is 2.24. The Morgan fingerprint density at radius 2 is 1.32 bits per heavy atom. The normalized spacial score (nSPS) is 10.2. The number of nitriles is 1. The smallest absolute Gasteiger partial charge is 0.171 e. The van der Waals surface area contributed by atoms with Crippen LogP contribution < -0.4 is 10.6 Å². The lowest BCUT2D eigenvalue weighted by molar-refractivity contribution is 0.841. The fraction of sp³-hybridized carbons (Fsp3) is 0.0476. The molecule has 3 nitrogen and oxygen atoms in total. The van der Waals surface area contributed by atoms with Crippen molar-refractivity contribution >= 4 is 23.0 Å². The lowest BCUT2D eigenvalue weighted by Gasteiger charge is -2.33. The van der Waals surface area contributed by atoms with Gasteiger partial charge in [0.2, 0.25) is 0 Å². The van der Waals surface area contributed by atoms with Gasteiger partial charge in [-0.25, -0.2) is 0 Å². The number of rotatable bonds is 4. The average molecular weight is 343 g/mol. The van der Waals surface area contributed by atoms with Gasteiger partial charge in [0.1, 0.15) is 0 Å². The number of benzene rings is 3. The molecule has 0 heterocycles. The van der Waals surface area contributed by atoms with E-state index < -0.39 is 0 Å². The zero-order valence-electron chi connectivity index (χ0n) is 13.5. The molecule has 25 heavy (non-hydrogen) atoms. The zero-order chi connectivity index (χ0) is 17.6. The summed E-state index contributed by atoms with van der Waals surface area (Å²) >= 11 is 5.38. The Kier molecular flexibility index (Phi) is 5.08. The molecule has 4 heteroatoms. The predicted molar refractivity (Wildman–Crippen MR) is 105 cm³/mol.